The first kappa shape index (κ1) is 13.3. The van der Waals surface area contributed by atoms with Gasteiger partial charge in [-0.3, -0.25) is 0 Å². The molecule has 0 unspecified atom stereocenters. The molecule has 0 aliphatic rings. The van der Waals surface area contributed by atoms with Gasteiger partial charge in [0.2, 0.25) is 5.75 Å². The van der Waals surface area contributed by atoms with Crippen molar-refractivity contribution in [1.29, 1.82) is 0 Å². The maximum atomic E-state index is 12.0. The summed E-state index contributed by atoms with van der Waals surface area (Å²) in [6, 6.07) is 0.694. The van der Waals surface area contributed by atoms with Gasteiger partial charge in [-0.2, -0.15) is 0 Å². The number of hydrogen-bond donors (Lipinski definition) is 1. The molecule has 1 aromatic rings. The van der Waals surface area contributed by atoms with Crippen LogP contribution in [0, 0.1) is 10.1 Å². The summed E-state index contributed by atoms with van der Waals surface area (Å²) in [4.78, 5) is 12.2. The Morgan fingerprint density at radius 1 is 1.59 bits per heavy atom. The van der Waals surface area contributed by atoms with E-state index in [1.165, 1.54) is 0 Å². The number of nitrogens with zero attached hydrogens (tertiary/aromatic N) is 2. The Hall–Kier alpha value is -1.77. The Bertz CT molecular complexity index is 451. The molecule has 17 heavy (non-hydrogen) atoms. The second-order valence-electron chi connectivity index (χ2n) is 2.73. The van der Waals surface area contributed by atoms with E-state index in [0.29, 0.717) is 6.07 Å². The fourth-order valence-electron chi connectivity index (χ4n) is 0.945. The Morgan fingerprint density at radius 2 is 2.18 bits per heavy atom. The SMILES string of the molecule is O=[N+]([O-])c1nc(OC(F)(F)F)c(CCl)cc1O. The number of aromatic hydroxyl groups is 1. The van der Waals surface area contributed by atoms with Gasteiger partial charge in [0.15, 0.2) is 0 Å². The summed E-state index contributed by atoms with van der Waals surface area (Å²) in [6.07, 6.45) is -5.06. The van der Waals surface area contributed by atoms with Crippen LogP contribution in [-0.2, 0) is 5.88 Å². The van der Waals surface area contributed by atoms with E-state index in [4.69, 9.17) is 16.7 Å². The molecule has 0 radical (unpaired) electrons. The molecular formula is C7H4ClF3N2O4. The highest BCUT2D eigenvalue weighted by Crippen LogP contribution is 2.33. The van der Waals surface area contributed by atoms with Crippen molar-refractivity contribution in [3.05, 3.63) is 21.7 Å². The second-order valence-corrected chi connectivity index (χ2v) is 3.00. The van der Waals surface area contributed by atoms with E-state index >= 15 is 0 Å². The molecule has 0 bridgehead atoms. The Balaban J connectivity index is 3.26. The molecule has 0 fully saturated rings. The topological polar surface area (TPSA) is 85.5 Å². The van der Waals surface area contributed by atoms with Crippen LogP contribution in [0.15, 0.2) is 6.07 Å². The van der Waals surface area contributed by atoms with Crippen molar-refractivity contribution in [2.45, 2.75) is 12.2 Å². The highest BCUT2D eigenvalue weighted by atomic mass is 35.5. The van der Waals surface area contributed by atoms with E-state index in [2.05, 4.69) is 9.72 Å². The molecule has 0 aliphatic carbocycles. The van der Waals surface area contributed by atoms with Crippen molar-refractivity contribution < 1.29 is 27.9 Å². The van der Waals surface area contributed by atoms with Gasteiger partial charge in [0.1, 0.15) is 0 Å². The third-order valence-electron chi connectivity index (χ3n) is 1.55. The van der Waals surface area contributed by atoms with Gasteiger partial charge in [-0.05, 0) is 4.92 Å². The van der Waals surface area contributed by atoms with Crippen LogP contribution >= 0.6 is 11.6 Å². The van der Waals surface area contributed by atoms with Gasteiger partial charge in [0.25, 0.3) is 0 Å². The standard InChI is InChI=1S/C7H4ClF3N2O4/c8-2-3-1-4(14)5(13(15)16)12-6(3)17-7(9,10)11/h1,14H,2H2. The quantitative estimate of drug-likeness (QED) is 0.518. The second kappa shape index (κ2) is 4.62. The Morgan fingerprint density at radius 3 is 2.59 bits per heavy atom. The van der Waals surface area contributed by atoms with E-state index in [9.17, 15) is 23.3 Å². The number of halogens is 4. The smallest absolute Gasteiger partial charge is 0.501 e. The number of aromatic nitrogens is 1. The molecule has 10 heteroatoms. The number of ether oxygens (including phenoxy) is 1. The molecule has 1 heterocycles. The summed E-state index contributed by atoms with van der Waals surface area (Å²) in [7, 11) is 0. The summed E-state index contributed by atoms with van der Waals surface area (Å²) >= 11 is 5.30. The summed E-state index contributed by atoms with van der Waals surface area (Å²) < 4.78 is 39.3. The molecule has 0 aromatic carbocycles. The lowest BCUT2D eigenvalue weighted by atomic mass is 10.3. The van der Waals surface area contributed by atoms with Crippen LogP contribution in [0.1, 0.15) is 5.56 Å². The molecule has 0 saturated carbocycles. The zero-order valence-electron chi connectivity index (χ0n) is 7.86. The molecule has 0 atom stereocenters. The molecule has 0 aliphatic heterocycles. The monoisotopic (exact) mass is 272 g/mol. The number of pyridine rings is 1. The third-order valence-corrected chi connectivity index (χ3v) is 1.84. The van der Waals surface area contributed by atoms with Gasteiger partial charge in [0, 0.05) is 11.1 Å². The predicted molar refractivity (Wildman–Crippen MR) is 48.8 cm³/mol. The van der Waals surface area contributed by atoms with E-state index in [0.717, 1.165) is 0 Å². The first-order chi connectivity index (χ1) is 7.74. The van der Waals surface area contributed by atoms with Crippen LogP contribution in [-0.4, -0.2) is 21.4 Å². The molecular weight excluding hydrogens is 269 g/mol. The molecule has 94 valence electrons. The highest BCUT2D eigenvalue weighted by molar-refractivity contribution is 6.17. The van der Waals surface area contributed by atoms with Crippen molar-refractivity contribution in [3.8, 4) is 11.6 Å². The Kier molecular flexibility index (Phi) is 3.61. The average Bonchev–Trinajstić information content (AvgIpc) is 2.17. The van der Waals surface area contributed by atoms with Crippen molar-refractivity contribution in [1.82, 2.24) is 4.98 Å². The fourth-order valence-corrected chi connectivity index (χ4v) is 1.14. The summed E-state index contributed by atoms with van der Waals surface area (Å²) in [5, 5.41) is 19.5. The molecule has 0 saturated heterocycles. The van der Waals surface area contributed by atoms with Crippen LogP contribution in [0.2, 0.25) is 0 Å². The van der Waals surface area contributed by atoms with Gasteiger partial charge < -0.3 is 20.0 Å². The van der Waals surface area contributed by atoms with Crippen molar-refractivity contribution in [2.24, 2.45) is 0 Å². The van der Waals surface area contributed by atoms with Gasteiger partial charge in [-0.1, -0.05) is 0 Å². The molecule has 1 rings (SSSR count). The van der Waals surface area contributed by atoms with Gasteiger partial charge in [-0.15, -0.1) is 24.8 Å². The zero-order chi connectivity index (χ0) is 13.2. The van der Waals surface area contributed by atoms with E-state index in [1.807, 2.05) is 0 Å². The minimum absolute atomic E-state index is 0.313. The maximum Gasteiger partial charge on any atom is 0.575 e. The Labute approximate surface area is 96.7 Å². The van der Waals surface area contributed by atoms with Crippen LogP contribution in [0.3, 0.4) is 0 Å². The third kappa shape index (κ3) is 3.34. The molecule has 1 aromatic heterocycles. The van der Waals surface area contributed by atoms with Crippen molar-refractivity contribution in [2.75, 3.05) is 0 Å². The van der Waals surface area contributed by atoms with Crippen LogP contribution in [0.4, 0.5) is 19.0 Å². The first-order valence-corrected chi connectivity index (χ1v) is 4.47. The van der Waals surface area contributed by atoms with Gasteiger partial charge >= 0.3 is 18.1 Å². The minimum atomic E-state index is -5.06. The molecule has 0 spiro atoms. The summed E-state index contributed by atoms with van der Waals surface area (Å²) in [6.45, 7) is 0. The molecule has 1 N–H and O–H groups in total. The van der Waals surface area contributed by atoms with Crippen LogP contribution in [0.5, 0.6) is 11.6 Å². The van der Waals surface area contributed by atoms with Gasteiger partial charge in [0.05, 0.1) is 11.4 Å². The fraction of sp³-hybridized carbons (Fsp3) is 0.286. The first-order valence-electron chi connectivity index (χ1n) is 3.93. The lowest BCUT2D eigenvalue weighted by molar-refractivity contribution is -0.391. The van der Waals surface area contributed by atoms with Crippen molar-refractivity contribution in [3.63, 3.8) is 0 Å². The highest BCUT2D eigenvalue weighted by Gasteiger charge is 2.36. The number of alkyl halides is 4. The predicted octanol–water partition coefficient (Wildman–Crippen LogP) is 2.33. The summed E-state index contributed by atoms with van der Waals surface area (Å²) in [5.41, 5.74) is -0.313. The van der Waals surface area contributed by atoms with Crippen LogP contribution < -0.4 is 4.74 Å². The lowest BCUT2D eigenvalue weighted by Crippen LogP contribution is -2.19. The lowest BCUT2D eigenvalue weighted by Gasteiger charge is -2.08. The largest absolute Gasteiger partial charge is 0.575 e. The molecule has 0 amide bonds. The van der Waals surface area contributed by atoms with E-state index in [-0.39, 0.29) is 5.56 Å². The molecule has 6 nitrogen and oxygen atoms in total. The van der Waals surface area contributed by atoms with E-state index in [1.54, 1.807) is 0 Å². The maximum absolute atomic E-state index is 12.0. The van der Waals surface area contributed by atoms with Crippen molar-refractivity contribution >= 4 is 17.4 Å². The van der Waals surface area contributed by atoms with Crippen LogP contribution in [0.25, 0.3) is 0 Å². The normalized spacial score (nSPS) is 11.3. The van der Waals surface area contributed by atoms with E-state index < -0.39 is 34.6 Å². The minimum Gasteiger partial charge on any atom is -0.501 e. The average molecular weight is 273 g/mol. The number of hydrogen-bond acceptors (Lipinski definition) is 5. The summed E-state index contributed by atoms with van der Waals surface area (Å²) in [5.74, 6) is -3.54. The zero-order valence-corrected chi connectivity index (χ0v) is 8.62. The van der Waals surface area contributed by atoms with Gasteiger partial charge in [-0.25, -0.2) is 0 Å². The number of nitro groups is 1. The number of rotatable bonds is 3.